The van der Waals surface area contributed by atoms with Crippen molar-refractivity contribution < 1.29 is 4.79 Å². The normalized spacial score (nSPS) is 9.89. The Labute approximate surface area is 114 Å². The minimum absolute atomic E-state index is 0. The van der Waals surface area contributed by atoms with Gasteiger partial charge >= 0.3 is 0 Å². The van der Waals surface area contributed by atoms with Gasteiger partial charge in [-0.25, -0.2) is 0 Å². The maximum Gasteiger partial charge on any atom is 0.144 e. The summed E-state index contributed by atoms with van der Waals surface area (Å²) in [6.07, 6.45) is 0.564. The van der Waals surface area contributed by atoms with E-state index in [1.165, 1.54) is 0 Å². The standard InChI is InChI=1S/C16H16O.ClH/c1-2-15(17)16(13-9-5-3-6-10-13)14-11-7-4-8-12-14;/h3-12,16H,2H2,1H3;1H. The number of carbonyl (C=O) groups excluding carboxylic acids is 1. The molecule has 94 valence electrons. The van der Waals surface area contributed by atoms with Crippen LogP contribution in [-0.4, -0.2) is 5.78 Å². The van der Waals surface area contributed by atoms with Crippen molar-refractivity contribution in [1.82, 2.24) is 0 Å². The third kappa shape index (κ3) is 3.21. The Bertz CT molecular complexity index is 439. The lowest BCUT2D eigenvalue weighted by Crippen LogP contribution is -2.12. The van der Waals surface area contributed by atoms with Crippen LogP contribution in [0.1, 0.15) is 30.4 Å². The zero-order valence-electron chi connectivity index (χ0n) is 10.4. The highest BCUT2D eigenvalue weighted by molar-refractivity contribution is 5.88. The molecule has 0 saturated heterocycles. The van der Waals surface area contributed by atoms with Gasteiger partial charge in [-0.1, -0.05) is 67.6 Å². The summed E-state index contributed by atoms with van der Waals surface area (Å²) in [5, 5.41) is 0. The predicted octanol–water partition coefficient (Wildman–Crippen LogP) is 4.22. The Hall–Kier alpha value is -1.60. The van der Waals surface area contributed by atoms with E-state index in [1.54, 1.807) is 0 Å². The molecule has 0 heterocycles. The van der Waals surface area contributed by atoms with Gasteiger partial charge in [0.25, 0.3) is 0 Å². The second-order valence-corrected chi connectivity index (χ2v) is 4.07. The second-order valence-electron chi connectivity index (χ2n) is 4.07. The molecule has 0 atom stereocenters. The van der Waals surface area contributed by atoms with E-state index < -0.39 is 0 Å². The van der Waals surface area contributed by atoms with Crippen LogP contribution in [-0.2, 0) is 4.79 Å². The summed E-state index contributed by atoms with van der Waals surface area (Å²) in [6, 6.07) is 19.9. The molecular weight excluding hydrogens is 244 g/mol. The van der Waals surface area contributed by atoms with Gasteiger partial charge in [0.1, 0.15) is 5.78 Å². The van der Waals surface area contributed by atoms with E-state index >= 15 is 0 Å². The molecule has 0 radical (unpaired) electrons. The number of benzene rings is 2. The lowest BCUT2D eigenvalue weighted by molar-refractivity contribution is -0.119. The molecule has 0 N–H and O–H groups in total. The van der Waals surface area contributed by atoms with Gasteiger partial charge in [0, 0.05) is 6.42 Å². The molecule has 0 saturated carbocycles. The number of carbonyl (C=O) groups is 1. The fourth-order valence-electron chi connectivity index (χ4n) is 2.06. The van der Waals surface area contributed by atoms with Crippen LogP contribution >= 0.6 is 12.4 Å². The lowest BCUT2D eigenvalue weighted by atomic mass is 9.87. The van der Waals surface area contributed by atoms with Crippen LogP contribution in [0.4, 0.5) is 0 Å². The monoisotopic (exact) mass is 260 g/mol. The first-order chi connectivity index (χ1) is 8.33. The van der Waals surface area contributed by atoms with Crippen molar-refractivity contribution in [2.45, 2.75) is 19.3 Å². The van der Waals surface area contributed by atoms with Crippen molar-refractivity contribution in [1.29, 1.82) is 0 Å². The van der Waals surface area contributed by atoms with Gasteiger partial charge < -0.3 is 0 Å². The molecule has 0 unspecified atom stereocenters. The first-order valence-corrected chi connectivity index (χ1v) is 5.95. The highest BCUT2D eigenvalue weighted by Crippen LogP contribution is 2.26. The fraction of sp³-hybridized carbons (Fsp3) is 0.188. The highest BCUT2D eigenvalue weighted by atomic mass is 35.5. The average molecular weight is 261 g/mol. The maximum absolute atomic E-state index is 12.1. The first kappa shape index (κ1) is 14.5. The molecule has 0 fully saturated rings. The van der Waals surface area contributed by atoms with Crippen molar-refractivity contribution in [3.05, 3.63) is 71.8 Å². The Morgan fingerprint density at radius 2 is 1.28 bits per heavy atom. The Balaban J connectivity index is 0.00000162. The summed E-state index contributed by atoms with van der Waals surface area (Å²) in [5.74, 6) is 0.143. The van der Waals surface area contributed by atoms with E-state index in [9.17, 15) is 4.79 Å². The molecule has 0 aliphatic heterocycles. The molecule has 2 aromatic rings. The van der Waals surface area contributed by atoms with Gasteiger partial charge in [-0.15, -0.1) is 12.4 Å². The van der Waals surface area contributed by atoms with E-state index in [4.69, 9.17) is 0 Å². The number of hydrogen-bond donors (Lipinski definition) is 0. The molecule has 0 amide bonds. The molecule has 2 rings (SSSR count). The molecule has 0 aliphatic carbocycles. The van der Waals surface area contributed by atoms with Crippen molar-refractivity contribution in [3.63, 3.8) is 0 Å². The van der Waals surface area contributed by atoms with Crippen LogP contribution in [0.5, 0.6) is 0 Å². The molecule has 0 spiro atoms. The SMILES string of the molecule is CCC(=O)C(c1ccccc1)c1ccccc1.Cl. The van der Waals surface area contributed by atoms with Crippen molar-refractivity contribution in [2.24, 2.45) is 0 Å². The van der Waals surface area contributed by atoms with Gasteiger partial charge in [0.2, 0.25) is 0 Å². The van der Waals surface area contributed by atoms with Crippen LogP contribution in [0.25, 0.3) is 0 Å². The van der Waals surface area contributed by atoms with Gasteiger partial charge in [-0.2, -0.15) is 0 Å². The first-order valence-electron chi connectivity index (χ1n) is 5.95. The van der Waals surface area contributed by atoms with E-state index in [0.717, 1.165) is 11.1 Å². The van der Waals surface area contributed by atoms with Crippen molar-refractivity contribution >= 4 is 18.2 Å². The largest absolute Gasteiger partial charge is 0.299 e. The Morgan fingerprint density at radius 1 is 0.889 bits per heavy atom. The third-order valence-corrected chi connectivity index (χ3v) is 2.94. The average Bonchev–Trinajstić information content (AvgIpc) is 2.41. The zero-order chi connectivity index (χ0) is 12.1. The second kappa shape index (κ2) is 6.97. The topological polar surface area (TPSA) is 17.1 Å². The van der Waals surface area contributed by atoms with E-state index in [0.29, 0.717) is 6.42 Å². The van der Waals surface area contributed by atoms with E-state index in [-0.39, 0.29) is 24.1 Å². The Morgan fingerprint density at radius 3 is 1.61 bits per heavy atom. The van der Waals surface area contributed by atoms with Crippen LogP contribution in [0, 0.1) is 0 Å². The number of rotatable bonds is 4. The number of ketones is 1. The maximum atomic E-state index is 12.1. The third-order valence-electron chi connectivity index (χ3n) is 2.94. The van der Waals surface area contributed by atoms with Crippen LogP contribution in [0.2, 0.25) is 0 Å². The molecule has 0 bridgehead atoms. The number of hydrogen-bond acceptors (Lipinski definition) is 1. The summed E-state index contributed by atoms with van der Waals surface area (Å²) in [5.41, 5.74) is 2.15. The summed E-state index contributed by atoms with van der Waals surface area (Å²) < 4.78 is 0. The molecule has 2 heteroatoms. The molecule has 1 nitrogen and oxygen atoms in total. The molecule has 0 aromatic heterocycles. The highest BCUT2D eigenvalue weighted by Gasteiger charge is 2.20. The smallest absolute Gasteiger partial charge is 0.144 e. The number of Topliss-reactive ketones (excluding diaryl/α,β-unsaturated/α-hetero) is 1. The minimum atomic E-state index is -0.123. The Kier molecular flexibility index (Phi) is 5.60. The van der Waals surface area contributed by atoms with Crippen LogP contribution in [0.15, 0.2) is 60.7 Å². The van der Waals surface area contributed by atoms with Crippen molar-refractivity contribution in [2.75, 3.05) is 0 Å². The lowest BCUT2D eigenvalue weighted by Gasteiger charge is -2.15. The summed E-state index contributed by atoms with van der Waals surface area (Å²) in [6.45, 7) is 1.92. The van der Waals surface area contributed by atoms with E-state index in [1.807, 2.05) is 67.6 Å². The zero-order valence-corrected chi connectivity index (χ0v) is 11.2. The predicted molar refractivity (Wildman–Crippen MR) is 77.3 cm³/mol. The molecular formula is C16H17ClO. The molecule has 18 heavy (non-hydrogen) atoms. The summed E-state index contributed by atoms with van der Waals surface area (Å²) >= 11 is 0. The van der Waals surface area contributed by atoms with Gasteiger partial charge in [-0.3, -0.25) is 4.79 Å². The van der Waals surface area contributed by atoms with Gasteiger partial charge in [-0.05, 0) is 11.1 Å². The van der Waals surface area contributed by atoms with E-state index in [2.05, 4.69) is 0 Å². The summed E-state index contributed by atoms with van der Waals surface area (Å²) in [4.78, 5) is 12.1. The van der Waals surface area contributed by atoms with Crippen LogP contribution < -0.4 is 0 Å². The van der Waals surface area contributed by atoms with Crippen molar-refractivity contribution in [3.8, 4) is 0 Å². The van der Waals surface area contributed by atoms with Gasteiger partial charge in [0.15, 0.2) is 0 Å². The van der Waals surface area contributed by atoms with Crippen LogP contribution in [0.3, 0.4) is 0 Å². The minimum Gasteiger partial charge on any atom is -0.299 e. The quantitative estimate of drug-likeness (QED) is 0.804. The number of halogens is 1. The molecule has 2 aromatic carbocycles. The summed E-state index contributed by atoms with van der Waals surface area (Å²) in [7, 11) is 0. The molecule has 0 aliphatic rings. The fourth-order valence-corrected chi connectivity index (χ4v) is 2.06. The van der Waals surface area contributed by atoms with Gasteiger partial charge in [0.05, 0.1) is 5.92 Å².